The highest BCUT2D eigenvalue weighted by molar-refractivity contribution is 7.90. The van der Waals surface area contributed by atoms with E-state index in [2.05, 4.69) is 39.4 Å². The molecule has 3 aromatic rings. The van der Waals surface area contributed by atoms with Crippen LogP contribution in [0.25, 0.3) is 11.4 Å². The van der Waals surface area contributed by atoms with Crippen molar-refractivity contribution >= 4 is 27.4 Å². The molecule has 10 nitrogen and oxygen atoms in total. The zero-order valence-electron chi connectivity index (χ0n) is 22.9. The lowest BCUT2D eigenvalue weighted by molar-refractivity contribution is 0.0985. The molecule has 0 radical (unpaired) electrons. The monoisotopic (exact) mass is 564 g/mol. The number of sulfone groups is 1. The highest BCUT2D eigenvalue weighted by atomic mass is 32.2. The van der Waals surface area contributed by atoms with E-state index in [0.29, 0.717) is 42.8 Å². The molecular formula is C29H36N6O4S. The molecule has 1 aromatic heterocycles. The number of likely N-dealkylation sites (tertiary alicyclic amines) is 1. The Hall–Kier alpha value is -3.54. The van der Waals surface area contributed by atoms with E-state index in [1.165, 1.54) is 0 Å². The predicted octanol–water partition coefficient (Wildman–Crippen LogP) is 3.56. The van der Waals surface area contributed by atoms with Gasteiger partial charge in [-0.3, -0.25) is 0 Å². The maximum Gasteiger partial charge on any atom is 0.319 e. The molecular weight excluding hydrogens is 528 g/mol. The Balaban J connectivity index is 1.37. The van der Waals surface area contributed by atoms with Gasteiger partial charge >= 0.3 is 6.03 Å². The van der Waals surface area contributed by atoms with Crippen molar-refractivity contribution in [1.29, 1.82) is 0 Å². The lowest BCUT2D eigenvalue weighted by Gasteiger charge is -2.34. The Labute approximate surface area is 235 Å². The Morgan fingerprint density at radius 2 is 1.75 bits per heavy atom. The maximum absolute atomic E-state index is 13.2. The molecule has 2 aliphatic heterocycles. The first-order valence-electron chi connectivity index (χ1n) is 13.6. The second-order valence-corrected chi connectivity index (χ2v) is 12.5. The Morgan fingerprint density at radius 1 is 1.02 bits per heavy atom. The summed E-state index contributed by atoms with van der Waals surface area (Å²) in [5, 5.41) is 5.95. The van der Waals surface area contributed by atoms with Crippen LogP contribution in [0.4, 0.5) is 16.3 Å². The van der Waals surface area contributed by atoms with Crippen LogP contribution in [0.3, 0.4) is 0 Å². The van der Waals surface area contributed by atoms with Crippen LogP contribution in [0.15, 0.2) is 65.6 Å². The van der Waals surface area contributed by atoms with Crippen LogP contribution in [-0.4, -0.2) is 81.3 Å². The number of ether oxygens (including phenoxy) is 1. The van der Waals surface area contributed by atoms with Gasteiger partial charge in [-0.1, -0.05) is 18.2 Å². The van der Waals surface area contributed by atoms with Crippen molar-refractivity contribution in [2.75, 3.05) is 50.1 Å². The van der Waals surface area contributed by atoms with Gasteiger partial charge in [-0.05, 0) is 76.3 Å². The molecule has 11 heteroatoms. The summed E-state index contributed by atoms with van der Waals surface area (Å²) in [5.74, 6) is 0.852. The van der Waals surface area contributed by atoms with Gasteiger partial charge in [0.05, 0.1) is 35.6 Å². The molecule has 0 spiro atoms. The number of nitrogens with zero attached hydrogens (tertiary/aromatic N) is 4. The minimum absolute atomic E-state index is 0.0877. The number of carbonyl (C=O) groups excluding carboxylic acids is 1. The first-order valence-corrected chi connectivity index (χ1v) is 15.3. The normalized spacial score (nSPS) is 18.9. The summed E-state index contributed by atoms with van der Waals surface area (Å²) < 4.78 is 31.9. The Bertz CT molecular complexity index is 1410. The number of morpholine rings is 1. The molecule has 2 N–H and O–H groups in total. The van der Waals surface area contributed by atoms with E-state index in [-0.39, 0.29) is 28.8 Å². The van der Waals surface area contributed by atoms with Crippen LogP contribution < -0.4 is 15.5 Å². The van der Waals surface area contributed by atoms with Crippen molar-refractivity contribution in [1.82, 2.24) is 20.2 Å². The molecule has 40 heavy (non-hydrogen) atoms. The number of carbonyl (C=O) groups is 1. The molecule has 1 atom stereocenters. The minimum Gasteiger partial charge on any atom is -0.377 e. The van der Waals surface area contributed by atoms with E-state index in [1.807, 2.05) is 12.1 Å². The number of hydrogen-bond acceptors (Lipinski definition) is 8. The topological polar surface area (TPSA) is 117 Å². The van der Waals surface area contributed by atoms with Gasteiger partial charge in [0, 0.05) is 29.9 Å². The van der Waals surface area contributed by atoms with Crippen LogP contribution >= 0.6 is 0 Å². The van der Waals surface area contributed by atoms with E-state index in [9.17, 15) is 13.2 Å². The molecule has 212 valence electrons. The standard InChI is InChI=1S/C29H36N6O4S/c1-21-19-39-17-16-35(21)27-18-25(20-40(37,38)26-6-4-3-5-7-26)30-28(33-27)22-8-10-23(11-9-22)31-29(36)32-24-12-14-34(2)15-13-24/h3-11,18,21,24H,12-17,19-20H2,1-2H3,(H2,31,32,36)/t21-/m1/s1. The van der Waals surface area contributed by atoms with Gasteiger partial charge in [0.15, 0.2) is 15.7 Å². The summed E-state index contributed by atoms with van der Waals surface area (Å²) in [4.78, 5) is 26.6. The van der Waals surface area contributed by atoms with Gasteiger partial charge in [0.1, 0.15) is 5.82 Å². The van der Waals surface area contributed by atoms with E-state index < -0.39 is 9.84 Å². The average Bonchev–Trinajstić information content (AvgIpc) is 2.95. The lowest BCUT2D eigenvalue weighted by Crippen LogP contribution is -2.44. The number of aromatic nitrogens is 2. The fraction of sp³-hybridized carbons (Fsp3) is 0.414. The van der Waals surface area contributed by atoms with Crippen LogP contribution in [0.1, 0.15) is 25.5 Å². The van der Waals surface area contributed by atoms with Gasteiger partial charge in [0.25, 0.3) is 0 Å². The van der Waals surface area contributed by atoms with Crippen LogP contribution in [-0.2, 0) is 20.3 Å². The number of piperidine rings is 1. The summed E-state index contributed by atoms with van der Waals surface area (Å²) >= 11 is 0. The van der Waals surface area contributed by atoms with Crippen molar-refractivity contribution in [2.45, 2.75) is 42.5 Å². The lowest BCUT2D eigenvalue weighted by atomic mass is 10.1. The molecule has 0 bridgehead atoms. The van der Waals surface area contributed by atoms with Crippen molar-refractivity contribution < 1.29 is 17.9 Å². The summed E-state index contributed by atoms with van der Waals surface area (Å²) in [6.45, 7) is 5.78. The smallest absolute Gasteiger partial charge is 0.319 e. The second-order valence-electron chi connectivity index (χ2n) is 10.5. The highest BCUT2D eigenvalue weighted by Gasteiger charge is 2.24. The summed E-state index contributed by atoms with van der Waals surface area (Å²) in [7, 11) is -1.51. The first-order chi connectivity index (χ1) is 19.3. The zero-order valence-corrected chi connectivity index (χ0v) is 23.7. The fourth-order valence-electron chi connectivity index (χ4n) is 5.01. The second kappa shape index (κ2) is 12.3. The quantitative estimate of drug-likeness (QED) is 0.448. The number of nitrogens with one attached hydrogen (secondary N) is 2. The Kier molecular flexibility index (Phi) is 8.63. The minimum atomic E-state index is -3.60. The highest BCUT2D eigenvalue weighted by Crippen LogP contribution is 2.26. The number of anilines is 2. The molecule has 2 saturated heterocycles. The third-order valence-electron chi connectivity index (χ3n) is 7.32. The third kappa shape index (κ3) is 6.96. The van der Waals surface area contributed by atoms with Gasteiger partial charge in [-0.15, -0.1) is 0 Å². The fourth-order valence-corrected chi connectivity index (χ4v) is 6.29. The molecule has 5 rings (SSSR count). The van der Waals surface area contributed by atoms with Crippen molar-refractivity contribution in [3.05, 3.63) is 66.4 Å². The van der Waals surface area contributed by atoms with E-state index in [1.54, 1.807) is 48.5 Å². The SMILES string of the molecule is C[C@@H]1COCCN1c1cc(CS(=O)(=O)c2ccccc2)nc(-c2ccc(NC(=O)NC3CCN(C)CC3)cc2)n1. The molecule has 2 amide bonds. The average molecular weight is 565 g/mol. The van der Waals surface area contributed by atoms with E-state index in [0.717, 1.165) is 31.5 Å². The van der Waals surface area contributed by atoms with Crippen LogP contribution in [0.5, 0.6) is 0 Å². The van der Waals surface area contributed by atoms with Gasteiger partial charge in [-0.2, -0.15) is 0 Å². The predicted molar refractivity (Wildman–Crippen MR) is 155 cm³/mol. The van der Waals surface area contributed by atoms with E-state index >= 15 is 0 Å². The molecule has 2 fully saturated rings. The van der Waals surface area contributed by atoms with Gasteiger partial charge in [-0.25, -0.2) is 23.2 Å². The molecule has 3 heterocycles. The number of hydrogen-bond donors (Lipinski definition) is 2. The summed E-state index contributed by atoms with van der Waals surface area (Å²) in [6.07, 6.45) is 1.86. The van der Waals surface area contributed by atoms with Crippen LogP contribution in [0.2, 0.25) is 0 Å². The molecule has 0 saturated carbocycles. The van der Waals surface area contributed by atoms with Crippen LogP contribution in [0, 0.1) is 0 Å². The summed E-state index contributed by atoms with van der Waals surface area (Å²) in [5.41, 5.74) is 1.80. The Morgan fingerprint density at radius 3 is 2.45 bits per heavy atom. The van der Waals surface area contributed by atoms with Crippen molar-refractivity contribution in [3.63, 3.8) is 0 Å². The zero-order chi connectivity index (χ0) is 28.1. The van der Waals surface area contributed by atoms with Gasteiger partial charge in [0.2, 0.25) is 0 Å². The molecule has 0 unspecified atom stereocenters. The molecule has 2 aliphatic rings. The molecule has 2 aromatic carbocycles. The number of amides is 2. The molecule has 0 aliphatic carbocycles. The number of urea groups is 1. The van der Waals surface area contributed by atoms with E-state index in [4.69, 9.17) is 9.72 Å². The van der Waals surface area contributed by atoms with Crippen molar-refractivity contribution in [3.8, 4) is 11.4 Å². The number of benzene rings is 2. The maximum atomic E-state index is 13.2. The van der Waals surface area contributed by atoms with Gasteiger partial charge < -0.3 is 25.2 Å². The summed E-state index contributed by atoms with van der Waals surface area (Å²) in [6, 6.07) is 17.5. The van der Waals surface area contributed by atoms with Crippen molar-refractivity contribution in [2.24, 2.45) is 0 Å². The largest absolute Gasteiger partial charge is 0.377 e. The first kappa shape index (κ1) is 28.0. The number of rotatable bonds is 7. The third-order valence-corrected chi connectivity index (χ3v) is 8.99.